The molecule has 1 aliphatic carbocycles. The first kappa shape index (κ1) is 32.2. The van der Waals surface area contributed by atoms with E-state index in [4.69, 9.17) is 28.0 Å². The number of rotatable bonds is 9. The number of anilines is 1. The van der Waals surface area contributed by atoms with Crippen LogP contribution in [-0.4, -0.2) is 62.6 Å². The van der Waals surface area contributed by atoms with Crippen LogP contribution < -0.4 is 15.1 Å². The van der Waals surface area contributed by atoms with Gasteiger partial charge in [-0.1, -0.05) is 48.2 Å². The number of fused-ring (bicyclic) bond motifs is 1. The van der Waals surface area contributed by atoms with E-state index < -0.39 is 40.0 Å². The van der Waals surface area contributed by atoms with Gasteiger partial charge in [-0.2, -0.15) is 0 Å². The molecule has 0 bridgehead atoms. The smallest absolute Gasteiger partial charge is 0.255 e. The SMILES string of the molecule is CN(C)c1ccc2c(c1)C(C(=O)NOCc1ccccn1)C(c1ccc(Cl)cc1Cl)N([C@@H]1CCCC[C@@H]1NS(C)(=O)=O)C2=O. The predicted octanol–water partition coefficient (Wildman–Crippen LogP) is 4.84. The molecule has 0 radical (unpaired) electrons. The van der Waals surface area contributed by atoms with E-state index in [1.165, 1.54) is 0 Å². The van der Waals surface area contributed by atoms with Gasteiger partial charge >= 0.3 is 0 Å². The van der Waals surface area contributed by atoms with E-state index in [9.17, 15) is 18.0 Å². The fraction of sp³-hybridized carbons (Fsp3) is 0.387. The number of nitrogens with zero attached hydrogens (tertiary/aromatic N) is 3. The molecule has 10 nitrogen and oxygen atoms in total. The Morgan fingerprint density at radius 2 is 1.84 bits per heavy atom. The second-order valence-electron chi connectivity index (χ2n) is 11.4. The summed E-state index contributed by atoms with van der Waals surface area (Å²) in [6.07, 6.45) is 5.40. The van der Waals surface area contributed by atoms with Crippen molar-refractivity contribution < 1.29 is 22.8 Å². The number of carbonyl (C=O) groups is 2. The van der Waals surface area contributed by atoms with Crippen LogP contribution in [0.2, 0.25) is 10.0 Å². The van der Waals surface area contributed by atoms with Crippen LogP contribution in [0.4, 0.5) is 5.69 Å². The van der Waals surface area contributed by atoms with Gasteiger partial charge in [0, 0.05) is 53.7 Å². The molecular weight excluding hydrogens is 625 g/mol. The van der Waals surface area contributed by atoms with Crippen LogP contribution in [0.15, 0.2) is 60.8 Å². The Balaban J connectivity index is 1.66. The van der Waals surface area contributed by atoms with Gasteiger partial charge in [0.15, 0.2) is 0 Å². The Kier molecular flexibility index (Phi) is 9.81. The van der Waals surface area contributed by atoms with Crippen molar-refractivity contribution in [3.05, 3.63) is 93.2 Å². The van der Waals surface area contributed by atoms with E-state index in [-0.39, 0.29) is 17.5 Å². The number of halogens is 2. The van der Waals surface area contributed by atoms with Gasteiger partial charge in [0.25, 0.3) is 11.8 Å². The predicted molar refractivity (Wildman–Crippen MR) is 170 cm³/mol. The van der Waals surface area contributed by atoms with Gasteiger partial charge in [0.1, 0.15) is 6.61 Å². The molecule has 2 aliphatic rings. The van der Waals surface area contributed by atoms with Crippen molar-refractivity contribution in [2.24, 2.45) is 0 Å². The summed E-state index contributed by atoms with van der Waals surface area (Å²) in [6, 6.07) is 13.7. The third kappa shape index (κ3) is 7.02. The molecule has 2 heterocycles. The standard InChI is InChI=1S/C31H35Cl2N5O5S/c1-37(2)21-12-14-22-24(17-21)28(30(39)35-43-18-20-8-6-7-15-34-20)29(23-13-11-19(32)16-25(23)33)38(31(22)40)27-10-5-4-9-26(27)36-44(3,41)42/h6-8,11-17,26-29,36H,4-5,9-10,18H2,1-3H3,(H,35,39)/t26-,27+,28?,29?/m0/s1. The van der Waals surface area contributed by atoms with E-state index in [1.807, 2.05) is 37.2 Å². The number of carbonyl (C=O) groups excluding carboxylic acids is 2. The molecule has 1 aliphatic heterocycles. The zero-order chi connectivity index (χ0) is 31.6. The van der Waals surface area contributed by atoms with Gasteiger partial charge in [-0.05, 0) is 66.4 Å². The van der Waals surface area contributed by atoms with E-state index in [0.29, 0.717) is 40.2 Å². The topological polar surface area (TPSA) is 121 Å². The highest BCUT2D eigenvalue weighted by atomic mass is 35.5. The molecule has 2 unspecified atom stereocenters. The summed E-state index contributed by atoms with van der Waals surface area (Å²) in [6.45, 7) is 0.0296. The van der Waals surface area contributed by atoms with Gasteiger partial charge in [0.2, 0.25) is 10.0 Å². The van der Waals surface area contributed by atoms with Crippen molar-refractivity contribution >= 4 is 50.7 Å². The molecule has 0 saturated heterocycles. The highest BCUT2D eigenvalue weighted by Crippen LogP contribution is 2.48. The van der Waals surface area contributed by atoms with E-state index in [1.54, 1.807) is 47.5 Å². The Hall–Kier alpha value is -3.22. The van der Waals surface area contributed by atoms with Crippen molar-refractivity contribution in [1.29, 1.82) is 0 Å². The fourth-order valence-corrected chi connectivity index (χ4v) is 7.52. The van der Waals surface area contributed by atoms with Crippen LogP contribution in [0.25, 0.3) is 0 Å². The Morgan fingerprint density at radius 3 is 2.52 bits per heavy atom. The average Bonchev–Trinajstić information content (AvgIpc) is 2.97. The fourth-order valence-electron chi connectivity index (χ4n) is 6.17. The summed E-state index contributed by atoms with van der Waals surface area (Å²) in [5.74, 6) is -1.77. The summed E-state index contributed by atoms with van der Waals surface area (Å²) >= 11 is 13.1. The van der Waals surface area contributed by atoms with Crippen LogP contribution in [0.5, 0.6) is 0 Å². The maximum Gasteiger partial charge on any atom is 0.255 e. The molecule has 3 aromatic rings. The van der Waals surface area contributed by atoms with E-state index >= 15 is 0 Å². The van der Waals surface area contributed by atoms with Crippen LogP contribution in [0.1, 0.15) is 64.8 Å². The monoisotopic (exact) mass is 659 g/mol. The number of sulfonamides is 1. The number of amides is 2. The zero-order valence-corrected chi connectivity index (χ0v) is 27.0. The second-order valence-corrected chi connectivity index (χ2v) is 14.0. The number of aromatic nitrogens is 1. The number of nitrogens with one attached hydrogen (secondary N) is 2. The summed E-state index contributed by atoms with van der Waals surface area (Å²) in [7, 11) is 0.157. The average molecular weight is 661 g/mol. The maximum atomic E-state index is 14.5. The molecule has 2 aromatic carbocycles. The van der Waals surface area contributed by atoms with Gasteiger partial charge in [-0.25, -0.2) is 18.6 Å². The van der Waals surface area contributed by atoms with Gasteiger partial charge in [0.05, 0.1) is 23.9 Å². The summed E-state index contributed by atoms with van der Waals surface area (Å²) in [5.41, 5.74) is 5.39. The lowest BCUT2D eigenvalue weighted by molar-refractivity contribution is -0.138. The molecule has 234 valence electrons. The first-order valence-electron chi connectivity index (χ1n) is 14.3. The molecule has 5 rings (SSSR count). The highest BCUT2D eigenvalue weighted by molar-refractivity contribution is 7.88. The summed E-state index contributed by atoms with van der Waals surface area (Å²) < 4.78 is 27.6. The summed E-state index contributed by atoms with van der Waals surface area (Å²) in [5, 5.41) is 0.680. The van der Waals surface area contributed by atoms with Crippen LogP contribution in [0, 0.1) is 0 Å². The number of hydrogen-bond donors (Lipinski definition) is 2. The molecule has 1 aromatic heterocycles. The molecule has 1 saturated carbocycles. The third-order valence-electron chi connectivity index (χ3n) is 8.10. The third-order valence-corrected chi connectivity index (χ3v) is 9.40. The molecule has 13 heteroatoms. The molecule has 4 atom stereocenters. The van der Waals surface area contributed by atoms with Crippen molar-refractivity contribution in [1.82, 2.24) is 20.1 Å². The molecule has 2 N–H and O–H groups in total. The number of benzene rings is 2. The Labute approximate surface area is 267 Å². The largest absolute Gasteiger partial charge is 0.378 e. The Morgan fingerprint density at radius 1 is 1.07 bits per heavy atom. The van der Waals surface area contributed by atoms with E-state index in [0.717, 1.165) is 24.8 Å². The van der Waals surface area contributed by atoms with Gasteiger partial charge < -0.3 is 9.80 Å². The highest BCUT2D eigenvalue weighted by Gasteiger charge is 2.49. The number of hydrogen-bond acceptors (Lipinski definition) is 7. The minimum atomic E-state index is -3.59. The Bertz CT molecular complexity index is 1640. The minimum Gasteiger partial charge on any atom is -0.378 e. The van der Waals surface area contributed by atoms with Gasteiger partial charge in [-0.3, -0.25) is 19.4 Å². The van der Waals surface area contributed by atoms with Gasteiger partial charge in [-0.15, -0.1) is 0 Å². The lowest BCUT2D eigenvalue weighted by Gasteiger charge is -2.49. The van der Waals surface area contributed by atoms with Crippen molar-refractivity contribution in [3.8, 4) is 0 Å². The first-order valence-corrected chi connectivity index (χ1v) is 17.0. The van der Waals surface area contributed by atoms with Crippen molar-refractivity contribution in [2.45, 2.75) is 56.3 Å². The number of hydroxylamine groups is 1. The van der Waals surface area contributed by atoms with E-state index in [2.05, 4.69) is 15.2 Å². The van der Waals surface area contributed by atoms with Crippen LogP contribution in [0.3, 0.4) is 0 Å². The lowest BCUT2D eigenvalue weighted by Crippen LogP contribution is -2.59. The zero-order valence-electron chi connectivity index (χ0n) is 24.7. The maximum absolute atomic E-state index is 14.5. The second kappa shape index (κ2) is 13.4. The minimum absolute atomic E-state index is 0.0296. The van der Waals surface area contributed by atoms with Crippen molar-refractivity contribution in [3.63, 3.8) is 0 Å². The van der Waals surface area contributed by atoms with Crippen LogP contribution in [-0.2, 0) is 26.3 Å². The first-order chi connectivity index (χ1) is 20.9. The molecule has 2 amide bonds. The number of pyridine rings is 1. The quantitative estimate of drug-likeness (QED) is 0.315. The molecule has 44 heavy (non-hydrogen) atoms. The molecule has 1 fully saturated rings. The van der Waals surface area contributed by atoms with Crippen molar-refractivity contribution in [2.75, 3.05) is 25.3 Å². The normalized spacial score (nSPS) is 21.9. The van der Waals surface area contributed by atoms with Crippen LogP contribution >= 0.6 is 23.2 Å². The molecule has 0 spiro atoms. The molecular formula is C31H35Cl2N5O5S. The lowest BCUT2D eigenvalue weighted by atomic mass is 9.76. The summed E-state index contributed by atoms with van der Waals surface area (Å²) in [4.78, 5) is 42.2.